The quantitative estimate of drug-likeness (QED) is 0.741. The molecule has 0 bridgehead atoms. The second-order valence-corrected chi connectivity index (χ2v) is 4.07. The van der Waals surface area contributed by atoms with Gasteiger partial charge in [0.1, 0.15) is 5.75 Å². The van der Waals surface area contributed by atoms with Crippen LogP contribution in [0.3, 0.4) is 0 Å². The molecule has 0 radical (unpaired) electrons. The van der Waals surface area contributed by atoms with Crippen molar-refractivity contribution < 1.29 is 9.84 Å². The van der Waals surface area contributed by atoms with Crippen molar-refractivity contribution in [3.63, 3.8) is 0 Å². The van der Waals surface area contributed by atoms with Crippen LogP contribution in [0.5, 0.6) is 5.75 Å². The van der Waals surface area contributed by atoms with Gasteiger partial charge in [0.15, 0.2) is 0 Å². The fraction of sp³-hybridized carbons (Fsp3) is 0.500. The van der Waals surface area contributed by atoms with Crippen molar-refractivity contribution in [1.82, 2.24) is 0 Å². The molecule has 14 heavy (non-hydrogen) atoms. The molecule has 1 N–H and O–H groups in total. The first-order chi connectivity index (χ1) is 6.70. The Balaban J connectivity index is 2.49. The number of benzene rings is 1. The zero-order valence-corrected chi connectivity index (χ0v) is 8.66. The lowest BCUT2D eigenvalue weighted by Gasteiger charge is -2.25. The second-order valence-electron chi connectivity index (χ2n) is 4.07. The van der Waals surface area contributed by atoms with E-state index in [1.54, 1.807) is 0 Å². The molecule has 0 aliphatic carbocycles. The van der Waals surface area contributed by atoms with Crippen LogP contribution in [0.25, 0.3) is 0 Å². The molecule has 76 valence electrons. The van der Waals surface area contributed by atoms with E-state index in [2.05, 4.69) is 19.9 Å². The summed E-state index contributed by atoms with van der Waals surface area (Å²) in [6.07, 6.45) is 0.353. The molecular formula is C12H16O2. The maximum atomic E-state index is 9.79. The van der Waals surface area contributed by atoms with Gasteiger partial charge >= 0.3 is 0 Å². The molecule has 1 unspecified atom stereocenters. The molecule has 2 heteroatoms. The first-order valence-corrected chi connectivity index (χ1v) is 5.14. The van der Waals surface area contributed by atoms with Crippen LogP contribution in [0.2, 0.25) is 0 Å². The van der Waals surface area contributed by atoms with Crippen molar-refractivity contribution in [3.05, 3.63) is 29.3 Å². The van der Waals surface area contributed by atoms with Crippen molar-refractivity contribution in [1.29, 1.82) is 0 Å². The summed E-state index contributed by atoms with van der Waals surface area (Å²) in [7, 11) is 0. The number of rotatable bonds is 1. The SMILES string of the molecule is CC(C)c1cccc2c1OCCC2O. The number of fused-ring (bicyclic) bond motifs is 1. The van der Waals surface area contributed by atoms with Crippen molar-refractivity contribution in [2.75, 3.05) is 6.61 Å². The van der Waals surface area contributed by atoms with Gasteiger partial charge in [-0.15, -0.1) is 0 Å². The molecule has 2 nitrogen and oxygen atoms in total. The van der Waals surface area contributed by atoms with Gasteiger partial charge in [-0.05, 0) is 11.5 Å². The van der Waals surface area contributed by atoms with Gasteiger partial charge in [0.2, 0.25) is 0 Å². The van der Waals surface area contributed by atoms with Gasteiger partial charge in [-0.2, -0.15) is 0 Å². The Kier molecular flexibility index (Phi) is 2.46. The Hall–Kier alpha value is -1.02. The smallest absolute Gasteiger partial charge is 0.128 e. The molecule has 0 fully saturated rings. The van der Waals surface area contributed by atoms with Gasteiger partial charge in [-0.3, -0.25) is 0 Å². The summed E-state index contributed by atoms with van der Waals surface area (Å²) in [4.78, 5) is 0. The monoisotopic (exact) mass is 192 g/mol. The summed E-state index contributed by atoms with van der Waals surface area (Å²) in [6.45, 7) is 4.90. The number of aliphatic hydroxyl groups is 1. The Morgan fingerprint density at radius 2 is 2.21 bits per heavy atom. The minimum Gasteiger partial charge on any atom is -0.493 e. The Bertz CT molecular complexity index is 317. The van der Waals surface area contributed by atoms with Crippen molar-refractivity contribution in [2.24, 2.45) is 0 Å². The lowest BCUT2D eigenvalue weighted by Crippen LogP contribution is -2.15. The van der Waals surface area contributed by atoms with Crippen LogP contribution in [-0.4, -0.2) is 11.7 Å². The van der Waals surface area contributed by atoms with E-state index in [4.69, 9.17) is 4.74 Å². The summed E-state index contributed by atoms with van der Waals surface area (Å²) in [5.41, 5.74) is 2.14. The van der Waals surface area contributed by atoms with Crippen LogP contribution in [0.4, 0.5) is 0 Å². The van der Waals surface area contributed by atoms with E-state index in [1.165, 1.54) is 5.56 Å². The third-order valence-electron chi connectivity index (χ3n) is 2.69. The highest BCUT2D eigenvalue weighted by atomic mass is 16.5. The molecule has 0 saturated carbocycles. The molecule has 2 rings (SSSR count). The zero-order valence-electron chi connectivity index (χ0n) is 8.66. The molecule has 1 heterocycles. The highest BCUT2D eigenvalue weighted by molar-refractivity contribution is 5.45. The fourth-order valence-electron chi connectivity index (χ4n) is 1.89. The maximum absolute atomic E-state index is 9.79. The van der Waals surface area contributed by atoms with Crippen LogP contribution in [0.1, 0.15) is 43.4 Å². The highest BCUT2D eigenvalue weighted by Gasteiger charge is 2.22. The molecule has 1 aromatic rings. The first kappa shape index (κ1) is 9.53. The van der Waals surface area contributed by atoms with Crippen molar-refractivity contribution in [3.8, 4) is 5.75 Å². The largest absolute Gasteiger partial charge is 0.493 e. The molecule has 1 aliphatic heterocycles. The minimum atomic E-state index is -0.350. The molecule has 1 aromatic carbocycles. The van der Waals surface area contributed by atoms with E-state index in [0.29, 0.717) is 18.9 Å². The van der Waals surface area contributed by atoms with E-state index in [0.717, 1.165) is 11.3 Å². The number of hydrogen-bond donors (Lipinski definition) is 1. The molecule has 0 spiro atoms. The third-order valence-corrected chi connectivity index (χ3v) is 2.69. The number of ether oxygens (including phenoxy) is 1. The molecular weight excluding hydrogens is 176 g/mol. The van der Waals surface area contributed by atoms with E-state index in [9.17, 15) is 5.11 Å². The lowest BCUT2D eigenvalue weighted by atomic mass is 9.94. The topological polar surface area (TPSA) is 29.5 Å². The van der Waals surface area contributed by atoms with Crippen LogP contribution in [0, 0.1) is 0 Å². The second kappa shape index (κ2) is 3.62. The van der Waals surface area contributed by atoms with E-state index >= 15 is 0 Å². The Labute approximate surface area is 84.5 Å². The van der Waals surface area contributed by atoms with Gasteiger partial charge < -0.3 is 9.84 Å². The Morgan fingerprint density at radius 3 is 2.93 bits per heavy atom. The molecule has 1 atom stereocenters. The van der Waals surface area contributed by atoms with E-state index in [-0.39, 0.29) is 6.10 Å². The minimum absolute atomic E-state index is 0.350. The van der Waals surface area contributed by atoms with Crippen molar-refractivity contribution in [2.45, 2.75) is 32.3 Å². The zero-order chi connectivity index (χ0) is 10.1. The van der Waals surface area contributed by atoms with Crippen LogP contribution >= 0.6 is 0 Å². The fourth-order valence-corrected chi connectivity index (χ4v) is 1.89. The predicted octanol–water partition coefficient (Wildman–Crippen LogP) is 2.63. The van der Waals surface area contributed by atoms with Gasteiger partial charge in [-0.1, -0.05) is 32.0 Å². The highest BCUT2D eigenvalue weighted by Crippen LogP contribution is 2.37. The predicted molar refractivity (Wildman–Crippen MR) is 55.6 cm³/mol. The van der Waals surface area contributed by atoms with Gasteiger partial charge in [0, 0.05) is 12.0 Å². The number of para-hydroxylation sites is 1. The van der Waals surface area contributed by atoms with Gasteiger partial charge in [0.25, 0.3) is 0 Å². The average Bonchev–Trinajstić information content (AvgIpc) is 2.17. The molecule has 0 saturated heterocycles. The average molecular weight is 192 g/mol. The molecule has 0 aromatic heterocycles. The van der Waals surface area contributed by atoms with Gasteiger partial charge in [-0.25, -0.2) is 0 Å². The summed E-state index contributed by atoms with van der Waals surface area (Å²) in [5.74, 6) is 1.34. The van der Waals surface area contributed by atoms with Crippen LogP contribution in [-0.2, 0) is 0 Å². The normalized spacial score (nSPS) is 20.4. The number of hydrogen-bond acceptors (Lipinski definition) is 2. The third kappa shape index (κ3) is 1.50. The van der Waals surface area contributed by atoms with Crippen LogP contribution < -0.4 is 4.74 Å². The summed E-state index contributed by atoms with van der Waals surface area (Å²) in [5, 5.41) is 9.79. The number of aliphatic hydroxyl groups excluding tert-OH is 1. The van der Waals surface area contributed by atoms with E-state index in [1.807, 2.05) is 12.1 Å². The summed E-state index contributed by atoms with van der Waals surface area (Å²) in [6, 6.07) is 6.01. The Morgan fingerprint density at radius 1 is 1.43 bits per heavy atom. The lowest BCUT2D eigenvalue weighted by molar-refractivity contribution is 0.114. The standard InChI is InChI=1S/C12H16O2/c1-8(2)9-4-3-5-10-11(13)6-7-14-12(9)10/h3-5,8,11,13H,6-7H2,1-2H3. The summed E-state index contributed by atoms with van der Waals surface area (Å²) < 4.78 is 5.63. The summed E-state index contributed by atoms with van der Waals surface area (Å²) >= 11 is 0. The molecule has 1 aliphatic rings. The van der Waals surface area contributed by atoms with E-state index < -0.39 is 0 Å². The van der Waals surface area contributed by atoms with Gasteiger partial charge in [0.05, 0.1) is 12.7 Å². The molecule has 0 amide bonds. The first-order valence-electron chi connectivity index (χ1n) is 5.14. The van der Waals surface area contributed by atoms with Crippen LogP contribution in [0.15, 0.2) is 18.2 Å². The van der Waals surface area contributed by atoms with Crippen molar-refractivity contribution >= 4 is 0 Å². The maximum Gasteiger partial charge on any atom is 0.128 e.